The molecule has 0 aromatic heterocycles. The van der Waals surface area contributed by atoms with E-state index < -0.39 is 117 Å². The van der Waals surface area contributed by atoms with Gasteiger partial charge in [0.05, 0.1) is 19.3 Å². The smallest absolute Gasteiger partial charge is 0.217 e. The van der Waals surface area contributed by atoms with Crippen LogP contribution in [0.1, 0.15) is 13.8 Å². The van der Waals surface area contributed by atoms with Crippen molar-refractivity contribution in [2.45, 2.75) is 112 Å². The largest absolute Gasteiger partial charge is 0.394 e. The van der Waals surface area contributed by atoms with Crippen molar-refractivity contribution in [2.75, 3.05) is 13.2 Å². The SMILES string of the molecule is CC(=O)N[C@H]1[C@H](O[C@@H](C)[C@H]2OC(O)[C@H](O)[C@@H](O)[C@H]2O)O[C@H](CO)[C@@H](O[C@@H]2O[C@H](CO)[C@H](O)[C@H](O)[C@H]2O)[C@@H]1O. The zero-order chi connectivity index (χ0) is 28.5. The molecule has 0 aromatic rings. The number of nitrogens with one attached hydrogen (secondary N) is 1. The van der Waals surface area contributed by atoms with E-state index in [-0.39, 0.29) is 0 Å². The summed E-state index contributed by atoms with van der Waals surface area (Å²) in [6.45, 7) is 0.957. The number of carbonyl (C=O) groups excluding carboxylic acids is 1. The number of rotatable bonds is 8. The number of aliphatic hydroxyl groups excluding tert-OH is 10. The maximum absolute atomic E-state index is 11.9. The average molecular weight is 560 g/mol. The van der Waals surface area contributed by atoms with Crippen molar-refractivity contribution in [1.29, 1.82) is 0 Å². The second-order valence-corrected chi connectivity index (χ2v) is 9.54. The summed E-state index contributed by atoms with van der Waals surface area (Å²) in [5, 5.41) is 103. The minimum absolute atomic E-state index is 0.643. The maximum Gasteiger partial charge on any atom is 0.217 e. The van der Waals surface area contributed by atoms with Crippen molar-refractivity contribution in [2.24, 2.45) is 0 Å². The molecule has 0 spiro atoms. The molecule has 17 heteroatoms. The number of amides is 1. The van der Waals surface area contributed by atoms with Crippen LogP contribution < -0.4 is 5.32 Å². The van der Waals surface area contributed by atoms with Crippen molar-refractivity contribution in [3.63, 3.8) is 0 Å². The number of hydrogen-bond donors (Lipinski definition) is 11. The lowest BCUT2D eigenvalue weighted by molar-refractivity contribution is -0.357. The molecule has 0 aromatic carbocycles. The predicted molar refractivity (Wildman–Crippen MR) is 117 cm³/mol. The van der Waals surface area contributed by atoms with Crippen LogP contribution in [0.4, 0.5) is 0 Å². The molecule has 0 radical (unpaired) electrons. The van der Waals surface area contributed by atoms with Gasteiger partial charge in [0.25, 0.3) is 0 Å². The third-order valence-electron chi connectivity index (χ3n) is 6.80. The topological polar surface area (TPSA) is 278 Å². The van der Waals surface area contributed by atoms with Crippen LogP contribution in [0.15, 0.2) is 0 Å². The predicted octanol–water partition coefficient (Wildman–Crippen LogP) is -7.04. The second-order valence-electron chi connectivity index (χ2n) is 9.54. The molecular weight excluding hydrogens is 522 g/mol. The van der Waals surface area contributed by atoms with Crippen LogP contribution in [0, 0.1) is 0 Å². The first-order valence-electron chi connectivity index (χ1n) is 12.0. The van der Waals surface area contributed by atoms with Crippen LogP contribution in [-0.4, -0.2) is 168 Å². The van der Waals surface area contributed by atoms with Crippen LogP contribution in [0.2, 0.25) is 0 Å². The molecule has 0 aliphatic carbocycles. The van der Waals surface area contributed by atoms with Crippen molar-refractivity contribution in [3.05, 3.63) is 0 Å². The zero-order valence-corrected chi connectivity index (χ0v) is 20.6. The Kier molecular flexibility index (Phi) is 10.8. The minimum Gasteiger partial charge on any atom is -0.394 e. The fourth-order valence-electron chi connectivity index (χ4n) is 4.64. The van der Waals surface area contributed by atoms with E-state index in [1.54, 1.807) is 0 Å². The van der Waals surface area contributed by atoms with E-state index in [1.165, 1.54) is 6.92 Å². The van der Waals surface area contributed by atoms with E-state index in [9.17, 15) is 55.9 Å². The quantitative estimate of drug-likeness (QED) is 0.132. The van der Waals surface area contributed by atoms with Gasteiger partial charge in [-0.1, -0.05) is 0 Å². The summed E-state index contributed by atoms with van der Waals surface area (Å²) in [5.41, 5.74) is 0. The molecule has 16 atom stereocenters. The van der Waals surface area contributed by atoms with Gasteiger partial charge in [-0.3, -0.25) is 4.79 Å². The van der Waals surface area contributed by atoms with Gasteiger partial charge in [0.1, 0.15) is 73.2 Å². The molecule has 222 valence electrons. The van der Waals surface area contributed by atoms with Crippen molar-refractivity contribution in [3.8, 4) is 0 Å². The first kappa shape index (κ1) is 31.4. The zero-order valence-electron chi connectivity index (χ0n) is 20.6. The lowest BCUT2D eigenvalue weighted by Crippen LogP contribution is -2.68. The van der Waals surface area contributed by atoms with E-state index >= 15 is 0 Å². The highest BCUT2D eigenvalue weighted by atomic mass is 16.7. The highest BCUT2D eigenvalue weighted by Gasteiger charge is 2.53. The van der Waals surface area contributed by atoms with Gasteiger partial charge < -0.3 is 80.1 Å². The van der Waals surface area contributed by atoms with Gasteiger partial charge in [0.15, 0.2) is 18.9 Å². The Balaban J connectivity index is 1.78. The molecule has 3 heterocycles. The summed E-state index contributed by atoms with van der Waals surface area (Å²) in [6.07, 6.45) is -24.1. The molecule has 0 bridgehead atoms. The Hall–Kier alpha value is -1.13. The first-order chi connectivity index (χ1) is 17.8. The number of carbonyl (C=O) groups is 1. The Morgan fingerprint density at radius 1 is 0.763 bits per heavy atom. The molecule has 3 fully saturated rings. The number of hydrogen-bond acceptors (Lipinski definition) is 16. The van der Waals surface area contributed by atoms with Gasteiger partial charge in [-0.15, -0.1) is 0 Å². The van der Waals surface area contributed by atoms with Crippen LogP contribution >= 0.6 is 0 Å². The lowest BCUT2D eigenvalue weighted by atomic mass is 9.94. The minimum atomic E-state index is -1.85. The lowest BCUT2D eigenvalue weighted by Gasteiger charge is -2.48. The molecule has 11 N–H and O–H groups in total. The van der Waals surface area contributed by atoms with Gasteiger partial charge >= 0.3 is 0 Å². The fraction of sp³-hybridized carbons (Fsp3) is 0.952. The van der Waals surface area contributed by atoms with Gasteiger partial charge in [0, 0.05) is 6.92 Å². The van der Waals surface area contributed by atoms with Crippen LogP contribution in [0.25, 0.3) is 0 Å². The molecule has 0 saturated carbocycles. The summed E-state index contributed by atoms with van der Waals surface area (Å²) < 4.78 is 27.5. The van der Waals surface area contributed by atoms with E-state index in [4.69, 9.17) is 23.7 Å². The molecule has 38 heavy (non-hydrogen) atoms. The van der Waals surface area contributed by atoms with Crippen LogP contribution in [-0.2, 0) is 28.5 Å². The highest BCUT2D eigenvalue weighted by Crippen LogP contribution is 2.31. The van der Waals surface area contributed by atoms with E-state index in [0.29, 0.717) is 0 Å². The molecule has 3 aliphatic heterocycles. The summed E-state index contributed by atoms with van der Waals surface area (Å²) >= 11 is 0. The van der Waals surface area contributed by atoms with Crippen LogP contribution in [0.3, 0.4) is 0 Å². The normalized spacial score (nSPS) is 48.9. The molecular formula is C21H37NO16. The molecule has 3 rings (SSSR count). The van der Waals surface area contributed by atoms with Crippen molar-refractivity contribution >= 4 is 5.91 Å². The average Bonchev–Trinajstić information content (AvgIpc) is 2.88. The van der Waals surface area contributed by atoms with Crippen LogP contribution in [0.5, 0.6) is 0 Å². The monoisotopic (exact) mass is 559 g/mol. The van der Waals surface area contributed by atoms with Gasteiger partial charge in [0.2, 0.25) is 5.91 Å². The maximum atomic E-state index is 11.9. The summed E-state index contributed by atoms with van der Waals surface area (Å²) in [6, 6.07) is -1.39. The van der Waals surface area contributed by atoms with Gasteiger partial charge in [-0.05, 0) is 6.92 Å². The van der Waals surface area contributed by atoms with Crippen molar-refractivity contribution < 1.29 is 79.5 Å². The Morgan fingerprint density at radius 3 is 1.92 bits per heavy atom. The molecule has 17 nitrogen and oxygen atoms in total. The Morgan fingerprint density at radius 2 is 1.34 bits per heavy atom. The first-order valence-corrected chi connectivity index (χ1v) is 12.0. The number of aliphatic hydroxyl groups is 10. The summed E-state index contributed by atoms with van der Waals surface area (Å²) in [7, 11) is 0. The standard InChI is InChI=1S/C21H37NO16/c1-5(17-14(30)13(29)15(31)19(33)37-17)34-20-9(22-6(2)25)11(27)18(8(4-24)36-20)38-21-16(32)12(28)10(26)7(3-23)35-21/h5,7-21,23-24,26-33H,3-4H2,1-2H3,(H,22,25)/t5-,7+,8+,9+,10-,11+,12-,13-,14+,15+,16+,17+,18+,19?,20+,21-/m0/s1. The molecule has 1 amide bonds. The fourth-order valence-corrected chi connectivity index (χ4v) is 4.64. The third kappa shape index (κ3) is 6.43. The van der Waals surface area contributed by atoms with Crippen molar-refractivity contribution in [1.82, 2.24) is 5.32 Å². The summed E-state index contributed by atoms with van der Waals surface area (Å²) in [5.74, 6) is -0.643. The van der Waals surface area contributed by atoms with E-state index in [0.717, 1.165) is 6.92 Å². The van der Waals surface area contributed by atoms with Gasteiger partial charge in [-0.25, -0.2) is 0 Å². The summed E-state index contributed by atoms with van der Waals surface area (Å²) in [4.78, 5) is 11.9. The number of ether oxygens (including phenoxy) is 5. The van der Waals surface area contributed by atoms with E-state index in [2.05, 4.69) is 5.32 Å². The third-order valence-corrected chi connectivity index (χ3v) is 6.80. The Bertz CT molecular complexity index is 776. The Labute approximate surface area is 216 Å². The molecule has 3 saturated heterocycles. The second kappa shape index (κ2) is 13.0. The van der Waals surface area contributed by atoms with E-state index in [1.807, 2.05) is 0 Å². The highest BCUT2D eigenvalue weighted by molar-refractivity contribution is 5.73. The molecule has 1 unspecified atom stereocenters. The molecule has 3 aliphatic rings. The van der Waals surface area contributed by atoms with Gasteiger partial charge in [-0.2, -0.15) is 0 Å².